The summed E-state index contributed by atoms with van der Waals surface area (Å²) >= 11 is 0. The summed E-state index contributed by atoms with van der Waals surface area (Å²) in [4.78, 5) is 23.0. The smallest absolute Gasteiger partial charge is 0.407 e. The van der Waals surface area contributed by atoms with Gasteiger partial charge in [-0.2, -0.15) is 0 Å². The first-order chi connectivity index (χ1) is 11.2. The van der Waals surface area contributed by atoms with E-state index in [0.29, 0.717) is 18.7 Å². The summed E-state index contributed by atoms with van der Waals surface area (Å²) in [6.07, 6.45) is 0.258. The van der Waals surface area contributed by atoms with Gasteiger partial charge in [0.05, 0.1) is 6.04 Å². The lowest BCUT2D eigenvalue weighted by molar-refractivity contribution is -0.117. The van der Waals surface area contributed by atoms with Crippen LogP contribution < -0.4 is 16.4 Å². The molecule has 1 rings (SSSR count). The molecular formula is C18H31N3O3. The third kappa shape index (κ3) is 9.84. The van der Waals surface area contributed by atoms with Crippen molar-refractivity contribution in [1.29, 1.82) is 0 Å². The Hall–Kier alpha value is -2.08. The second-order valence-corrected chi connectivity index (χ2v) is 6.15. The van der Waals surface area contributed by atoms with Crippen LogP contribution in [0.2, 0.25) is 0 Å². The molecule has 1 atom stereocenters. The maximum Gasteiger partial charge on any atom is 0.407 e. The van der Waals surface area contributed by atoms with Gasteiger partial charge in [-0.05, 0) is 51.8 Å². The summed E-state index contributed by atoms with van der Waals surface area (Å²) in [5, 5.41) is 5.42. The van der Waals surface area contributed by atoms with Crippen molar-refractivity contribution in [2.24, 2.45) is 5.73 Å². The van der Waals surface area contributed by atoms with E-state index in [2.05, 4.69) is 10.6 Å². The molecule has 1 unspecified atom stereocenters. The van der Waals surface area contributed by atoms with E-state index in [1.54, 1.807) is 6.92 Å². The number of nitrogens with one attached hydrogen (secondary N) is 2. The van der Waals surface area contributed by atoms with Gasteiger partial charge in [0.15, 0.2) is 0 Å². The molecule has 136 valence electrons. The van der Waals surface area contributed by atoms with Gasteiger partial charge >= 0.3 is 6.09 Å². The van der Waals surface area contributed by atoms with Crippen LogP contribution in [-0.2, 0) is 16.0 Å². The number of nitrogens with two attached hydrogens (primary N) is 1. The predicted octanol–water partition coefficient (Wildman–Crippen LogP) is 3.07. The van der Waals surface area contributed by atoms with E-state index >= 15 is 0 Å². The number of ether oxygens (including phenoxy) is 1. The molecule has 1 aromatic rings. The third-order valence-electron chi connectivity index (χ3n) is 2.72. The lowest BCUT2D eigenvalue weighted by Crippen LogP contribution is -2.33. The van der Waals surface area contributed by atoms with Gasteiger partial charge in [-0.3, -0.25) is 4.79 Å². The monoisotopic (exact) mass is 337 g/mol. The van der Waals surface area contributed by atoms with E-state index in [1.807, 2.05) is 58.9 Å². The van der Waals surface area contributed by atoms with Crippen LogP contribution in [0.1, 0.15) is 47.1 Å². The number of rotatable bonds is 5. The first-order valence-electron chi connectivity index (χ1n) is 8.29. The summed E-state index contributed by atoms with van der Waals surface area (Å²) in [5.41, 5.74) is 6.74. The van der Waals surface area contributed by atoms with Gasteiger partial charge in [0.1, 0.15) is 5.60 Å². The molecule has 0 spiro atoms. The number of carbonyl (C=O) groups excluding carboxylic acids is 2. The molecule has 0 aliphatic heterocycles. The standard InChI is InChI=1S/C16H25N3O3.C2H6/c1-11(17)14(20)19-13-7-5-12(6-8-13)9-10-18-15(21)22-16(2,3)4;1-2/h5-8,11H,9-10,17H2,1-4H3,(H,18,21)(H,19,20);1-2H3. The van der Waals surface area contributed by atoms with Gasteiger partial charge < -0.3 is 21.1 Å². The van der Waals surface area contributed by atoms with E-state index in [4.69, 9.17) is 10.5 Å². The normalized spacial score (nSPS) is 11.6. The highest BCUT2D eigenvalue weighted by Gasteiger charge is 2.15. The molecular weight excluding hydrogens is 306 g/mol. The molecule has 0 saturated heterocycles. The second-order valence-electron chi connectivity index (χ2n) is 6.15. The lowest BCUT2D eigenvalue weighted by Gasteiger charge is -2.19. The van der Waals surface area contributed by atoms with Crippen LogP contribution >= 0.6 is 0 Å². The van der Waals surface area contributed by atoms with E-state index in [1.165, 1.54) is 0 Å². The van der Waals surface area contributed by atoms with E-state index in [-0.39, 0.29) is 5.91 Å². The molecule has 0 saturated carbocycles. The Morgan fingerprint density at radius 2 is 1.71 bits per heavy atom. The molecule has 24 heavy (non-hydrogen) atoms. The Kier molecular flexibility index (Phi) is 9.73. The fourth-order valence-corrected chi connectivity index (χ4v) is 1.63. The van der Waals surface area contributed by atoms with Gasteiger partial charge in [-0.1, -0.05) is 26.0 Å². The quantitative estimate of drug-likeness (QED) is 0.770. The van der Waals surface area contributed by atoms with E-state index < -0.39 is 17.7 Å². The number of hydrogen-bond donors (Lipinski definition) is 3. The molecule has 6 nitrogen and oxygen atoms in total. The summed E-state index contributed by atoms with van der Waals surface area (Å²) in [7, 11) is 0. The van der Waals surface area contributed by atoms with Gasteiger partial charge in [0.2, 0.25) is 5.91 Å². The van der Waals surface area contributed by atoms with Crippen LogP contribution in [0.3, 0.4) is 0 Å². The van der Waals surface area contributed by atoms with Crippen LogP contribution in [0, 0.1) is 0 Å². The molecule has 0 heterocycles. The van der Waals surface area contributed by atoms with Crippen molar-refractivity contribution in [3.8, 4) is 0 Å². The number of hydrogen-bond acceptors (Lipinski definition) is 4. The minimum absolute atomic E-state index is 0.223. The first-order valence-corrected chi connectivity index (χ1v) is 8.29. The zero-order chi connectivity index (χ0) is 18.8. The highest BCUT2D eigenvalue weighted by atomic mass is 16.6. The Morgan fingerprint density at radius 1 is 1.17 bits per heavy atom. The number of carbonyl (C=O) groups is 2. The van der Waals surface area contributed by atoms with Crippen molar-refractivity contribution in [1.82, 2.24) is 5.32 Å². The zero-order valence-electron chi connectivity index (χ0n) is 15.6. The van der Waals surface area contributed by atoms with Crippen molar-refractivity contribution in [2.75, 3.05) is 11.9 Å². The maximum absolute atomic E-state index is 11.5. The molecule has 0 bridgehead atoms. The topological polar surface area (TPSA) is 93.5 Å². The average molecular weight is 337 g/mol. The van der Waals surface area contributed by atoms with Crippen LogP contribution in [0.15, 0.2) is 24.3 Å². The highest BCUT2D eigenvalue weighted by molar-refractivity contribution is 5.94. The van der Waals surface area contributed by atoms with Crippen LogP contribution in [-0.4, -0.2) is 30.2 Å². The molecule has 0 radical (unpaired) electrons. The molecule has 0 aliphatic carbocycles. The predicted molar refractivity (Wildman–Crippen MR) is 98.0 cm³/mol. The van der Waals surface area contributed by atoms with Crippen LogP contribution in [0.4, 0.5) is 10.5 Å². The van der Waals surface area contributed by atoms with Crippen molar-refractivity contribution in [3.05, 3.63) is 29.8 Å². The summed E-state index contributed by atoms with van der Waals surface area (Å²) in [6.45, 7) is 11.6. The van der Waals surface area contributed by atoms with Gasteiger partial charge in [0, 0.05) is 12.2 Å². The maximum atomic E-state index is 11.5. The zero-order valence-corrected chi connectivity index (χ0v) is 15.6. The van der Waals surface area contributed by atoms with E-state index in [9.17, 15) is 9.59 Å². The van der Waals surface area contributed by atoms with Crippen molar-refractivity contribution in [3.63, 3.8) is 0 Å². The molecule has 2 amide bonds. The lowest BCUT2D eigenvalue weighted by atomic mass is 10.1. The molecule has 0 aliphatic rings. The Bertz CT molecular complexity index is 505. The largest absolute Gasteiger partial charge is 0.444 e. The minimum atomic E-state index is -0.544. The van der Waals surface area contributed by atoms with Crippen molar-refractivity contribution in [2.45, 2.75) is 59.6 Å². The second kappa shape index (κ2) is 10.6. The molecule has 4 N–H and O–H groups in total. The van der Waals surface area contributed by atoms with Crippen LogP contribution in [0.25, 0.3) is 0 Å². The molecule has 6 heteroatoms. The van der Waals surface area contributed by atoms with Gasteiger partial charge in [-0.25, -0.2) is 4.79 Å². The van der Waals surface area contributed by atoms with Crippen LogP contribution in [0.5, 0.6) is 0 Å². The fraction of sp³-hybridized carbons (Fsp3) is 0.556. The van der Waals surface area contributed by atoms with E-state index in [0.717, 1.165) is 5.56 Å². The summed E-state index contributed by atoms with van der Waals surface area (Å²) < 4.78 is 5.15. The summed E-state index contributed by atoms with van der Waals surface area (Å²) in [6, 6.07) is 6.87. The van der Waals surface area contributed by atoms with Gasteiger partial charge in [0.25, 0.3) is 0 Å². The molecule has 0 fully saturated rings. The fourth-order valence-electron chi connectivity index (χ4n) is 1.63. The average Bonchev–Trinajstić information content (AvgIpc) is 2.49. The molecule has 0 aromatic heterocycles. The summed E-state index contributed by atoms with van der Waals surface area (Å²) in [5.74, 6) is -0.223. The minimum Gasteiger partial charge on any atom is -0.444 e. The Labute approximate surface area is 145 Å². The highest BCUT2D eigenvalue weighted by Crippen LogP contribution is 2.10. The van der Waals surface area contributed by atoms with Crippen molar-refractivity contribution < 1.29 is 14.3 Å². The molecule has 1 aromatic carbocycles. The number of anilines is 1. The number of amides is 2. The number of benzene rings is 1. The SMILES string of the molecule is CC.CC(N)C(=O)Nc1ccc(CCNC(=O)OC(C)(C)C)cc1. The number of alkyl carbamates (subject to hydrolysis) is 1. The van der Waals surface area contributed by atoms with Gasteiger partial charge in [-0.15, -0.1) is 0 Å². The Morgan fingerprint density at radius 3 is 2.17 bits per heavy atom. The Balaban J connectivity index is 0.00000254. The first kappa shape index (κ1) is 21.9. The van der Waals surface area contributed by atoms with Crippen molar-refractivity contribution >= 4 is 17.7 Å². The third-order valence-corrected chi connectivity index (χ3v) is 2.72.